The molecule has 1 nitrogen and oxygen atoms in total. The topological polar surface area (TPSA) is 17.1 Å². The van der Waals surface area contributed by atoms with Crippen molar-refractivity contribution in [3.8, 4) is 0 Å². The molecule has 0 aromatic carbocycles. The van der Waals surface area contributed by atoms with E-state index >= 15 is 0 Å². The van der Waals surface area contributed by atoms with E-state index in [9.17, 15) is 0 Å². The van der Waals surface area contributed by atoms with E-state index in [1.54, 1.807) is 0 Å². The summed E-state index contributed by atoms with van der Waals surface area (Å²) in [6.07, 6.45) is 0. The van der Waals surface area contributed by atoms with Gasteiger partial charge in [-0.1, -0.05) is 0 Å². The Morgan fingerprint density at radius 3 is 1.00 bits per heavy atom. The third-order valence-corrected chi connectivity index (χ3v) is 0. The summed E-state index contributed by atoms with van der Waals surface area (Å²) in [4.78, 5) is 7.75. The van der Waals surface area contributed by atoms with Crippen molar-refractivity contribution >= 4 is 6.79 Å². The van der Waals surface area contributed by atoms with Crippen molar-refractivity contribution in [3.05, 3.63) is 0 Å². The summed E-state index contributed by atoms with van der Waals surface area (Å²) in [5.41, 5.74) is 0. The molecule has 0 atom stereocenters. The summed E-state index contributed by atoms with van der Waals surface area (Å²) in [7, 11) is 0. The summed E-state index contributed by atoms with van der Waals surface area (Å²) in [6, 6.07) is 0. The van der Waals surface area contributed by atoms with Gasteiger partial charge in [-0.15, -0.1) is 0 Å². The molecule has 0 fully saturated rings. The fourth-order valence-corrected chi connectivity index (χ4v) is 0. The van der Waals surface area contributed by atoms with Gasteiger partial charge < -0.3 is 4.79 Å². The van der Waals surface area contributed by atoms with Crippen LogP contribution in [0.5, 0.6) is 0 Å². The molecular weight excluding hydrogens is 41.9 g/mol. The van der Waals surface area contributed by atoms with Crippen LogP contribution in [0.25, 0.3) is 0 Å². The predicted octanol–water partition coefficient (Wildman–Crippen LogP) is -6.27. The second-order valence-corrected chi connectivity index (χ2v) is 0. The van der Waals surface area contributed by atoms with Gasteiger partial charge in [-0.3, -0.25) is 6.79 Å². The number of carbonyl (C=O) groups excluding carboxylic acids is 1. The Balaban J connectivity index is -0.00000000500. The summed E-state index contributed by atoms with van der Waals surface area (Å²) in [5, 5.41) is 0. The third kappa shape index (κ3) is 13.3. The van der Waals surface area contributed by atoms with E-state index in [1.165, 1.54) is 0 Å². The minimum atomic E-state index is 0. The van der Waals surface area contributed by atoms with E-state index in [1.807, 2.05) is 0 Å². The Kier molecular flexibility index (Phi) is 222. The normalized spacial score (nSPS) is 1.00. The van der Waals surface area contributed by atoms with Crippen molar-refractivity contribution in [3.63, 3.8) is 0 Å². The van der Waals surface area contributed by atoms with Crippen molar-refractivity contribution < 1.29 is 42.5 Å². The average molecular weight is 42.9 g/mol. The predicted molar refractivity (Wildman–Crippen MR) is 6.75 cm³/mol. The van der Waals surface area contributed by atoms with Crippen LogP contribution in [-0.2, 0) is 4.79 Å². The van der Waals surface area contributed by atoms with Crippen LogP contribution in [0.3, 0.4) is 0 Å². The van der Waals surface area contributed by atoms with Crippen LogP contribution in [0.15, 0.2) is 0 Å². The quantitative estimate of drug-likeness (QED) is 0.150. The first-order chi connectivity index (χ1) is 1.00. The first-order valence-corrected chi connectivity index (χ1v) is 0.236. The van der Waals surface area contributed by atoms with Gasteiger partial charge in [0, 0.05) is 0 Å². The first-order valence-electron chi connectivity index (χ1n) is 0.236. The fourth-order valence-electron chi connectivity index (χ4n) is 0. The molecule has 0 N–H and O–H groups in total. The van der Waals surface area contributed by atoms with Gasteiger partial charge in [-0.05, 0) is 0 Å². The molecule has 3 heteroatoms. The summed E-state index contributed by atoms with van der Waals surface area (Å²) in [6.45, 7) is 3.25. The Morgan fingerprint density at radius 1 is 1.00 bits per heavy atom. The second kappa shape index (κ2) is 42.4. The molecule has 0 aromatic rings. The molecule has 0 amide bonds. The molecule has 0 bridgehead atoms. The Bertz CT molecular complexity index is 6.00. The summed E-state index contributed by atoms with van der Waals surface area (Å²) < 4.78 is 0. The zero-order valence-electron chi connectivity index (χ0n) is 2.99. The largest absolute Gasteiger partial charge is 1.00 e. The minimum absolute atomic E-state index is 0. The maximum Gasteiger partial charge on any atom is 1.00 e. The zero-order chi connectivity index (χ0) is 2.00. The second-order valence-electron chi connectivity index (χ2n) is 0. The Hall–Kier alpha value is 0.865. The van der Waals surface area contributed by atoms with Crippen molar-refractivity contribution in [2.24, 2.45) is 0 Å². The molecule has 0 aliphatic heterocycles. The molecular formula is CHLi2O+. The molecule has 12 valence electrons. The molecule has 0 saturated heterocycles. The zero-order valence-corrected chi connectivity index (χ0v) is 2.99. The Labute approximate surface area is 49.5 Å². The van der Waals surface area contributed by atoms with Crippen LogP contribution >= 0.6 is 0 Å². The van der Waals surface area contributed by atoms with Crippen LogP contribution < -0.4 is 37.7 Å². The fraction of sp³-hybridized carbons (Fsp3) is 0. The van der Waals surface area contributed by atoms with E-state index in [-0.39, 0.29) is 37.7 Å². The molecule has 0 heterocycles. The van der Waals surface area contributed by atoms with Gasteiger partial charge >= 0.3 is 37.7 Å². The molecule has 0 radical (unpaired) electrons. The summed E-state index contributed by atoms with van der Waals surface area (Å²) >= 11 is 0. The number of rotatable bonds is 0. The minimum Gasteiger partial charge on any atom is -0.545 e. The van der Waals surface area contributed by atoms with E-state index in [0.717, 1.165) is 0 Å². The van der Waals surface area contributed by atoms with Crippen molar-refractivity contribution in [1.82, 2.24) is 0 Å². The molecule has 0 aliphatic carbocycles. The van der Waals surface area contributed by atoms with Crippen LogP contribution in [0.1, 0.15) is 0 Å². The number of hydrogen-bond donors (Lipinski definition) is 0. The number of hydrogen-bond acceptors (Lipinski definition) is 1. The van der Waals surface area contributed by atoms with Crippen LogP contribution in [-0.4, -0.2) is 6.79 Å². The maximum absolute atomic E-state index is 7.75. The SMILES string of the molecule is [CH-]=O.[Li+].[Li+]. The average Bonchev–Trinajstić information content (AvgIpc) is 1.00. The van der Waals surface area contributed by atoms with Gasteiger partial charge in [0.25, 0.3) is 0 Å². The maximum atomic E-state index is 7.75. The smallest absolute Gasteiger partial charge is 0.545 e. The van der Waals surface area contributed by atoms with Gasteiger partial charge in [0.05, 0.1) is 0 Å². The van der Waals surface area contributed by atoms with Gasteiger partial charge in [-0.2, -0.15) is 0 Å². The van der Waals surface area contributed by atoms with Crippen LogP contribution in [0.4, 0.5) is 0 Å². The molecule has 0 spiro atoms. The van der Waals surface area contributed by atoms with E-state index in [4.69, 9.17) is 4.79 Å². The van der Waals surface area contributed by atoms with Crippen molar-refractivity contribution in [2.75, 3.05) is 0 Å². The van der Waals surface area contributed by atoms with Crippen LogP contribution in [0, 0.1) is 0 Å². The third-order valence-electron chi connectivity index (χ3n) is 0. The van der Waals surface area contributed by atoms with Gasteiger partial charge in [0.2, 0.25) is 0 Å². The van der Waals surface area contributed by atoms with Crippen molar-refractivity contribution in [1.29, 1.82) is 0 Å². The summed E-state index contributed by atoms with van der Waals surface area (Å²) in [5.74, 6) is 0. The Morgan fingerprint density at radius 2 is 1.00 bits per heavy atom. The molecule has 0 rings (SSSR count). The monoisotopic (exact) mass is 43.0 g/mol. The molecule has 4 heavy (non-hydrogen) atoms. The van der Waals surface area contributed by atoms with E-state index in [0.29, 0.717) is 0 Å². The molecule has 0 saturated carbocycles. The molecule has 0 unspecified atom stereocenters. The first kappa shape index (κ1) is 20.9. The van der Waals surface area contributed by atoms with Gasteiger partial charge in [0.15, 0.2) is 0 Å². The van der Waals surface area contributed by atoms with Crippen molar-refractivity contribution in [2.45, 2.75) is 0 Å². The molecule has 0 aliphatic rings. The van der Waals surface area contributed by atoms with Crippen LogP contribution in [0.2, 0.25) is 0 Å². The van der Waals surface area contributed by atoms with E-state index in [2.05, 4.69) is 6.79 Å². The van der Waals surface area contributed by atoms with Gasteiger partial charge in [-0.25, -0.2) is 0 Å². The standard InChI is InChI=1S/CHO.2Li/c1-2;;/h1H;;/q-1;2*+1. The van der Waals surface area contributed by atoms with Gasteiger partial charge in [0.1, 0.15) is 0 Å². The molecule has 0 aromatic heterocycles. The van der Waals surface area contributed by atoms with E-state index < -0.39 is 0 Å².